The second-order valence-electron chi connectivity index (χ2n) is 6.89. The maximum Gasteiger partial charge on any atom is 0.120 e. The third-order valence-electron chi connectivity index (χ3n) is 4.35. The van der Waals surface area contributed by atoms with Crippen molar-refractivity contribution < 1.29 is 4.74 Å². The summed E-state index contributed by atoms with van der Waals surface area (Å²) < 4.78 is 7.98. The van der Waals surface area contributed by atoms with Gasteiger partial charge in [0, 0.05) is 32.3 Å². The van der Waals surface area contributed by atoms with Gasteiger partial charge in [0.2, 0.25) is 0 Å². The molecule has 0 unspecified atom stereocenters. The van der Waals surface area contributed by atoms with Crippen LogP contribution >= 0.6 is 0 Å². The largest absolute Gasteiger partial charge is 0.491 e. The highest BCUT2D eigenvalue weighted by atomic mass is 16.5. The molecule has 4 heteroatoms. The first-order chi connectivity index (χ1) is 11.0. The van der Waals surface area contributed by atoms with E-state index in [9.17, 15) is 0 Å². The zero-order valence-corrected chi connectivity index (χ0v) is 14.6. The van der Waals surface area contributed by atoms with Crippen molar-refractivity contribution in [2.75, 3.05) is 13.1 Å². The van der Waals surface area contributed by atoms with Crippen molar-refractivity contribution in [3.05, 3.63) is 47.5 Å². The van der Waals surface area contributed by atoms with E-state index in [0.717, 1.165) is 31.1 Å². The summed E-state index contributed by atoms with van der Waals surface area (Å²) in [6.07, 6.45) is 3.52. The maximum atomic E-state index is 5.80. The molecule has 1 aliphatic heterocycles. The van der Waals surface area contributed by atoms with Crippen LogP contribution in [0.1, 0.15) is 43.3 Å². The van der Waals surface area contributed by atoms with Crippen molar-refractivity contribution in [3.63, 3.8) is 0 Å². The van der Waals surface area contributed by atoms with Crippen LogP contribution in [0.4, 0.5) is 0 Å². The van der Waals surface area contributed by atoms with Crippen LogP contribution in [-0.2, 0) is 13.6 Å². The predicted molar refractivity (Wildman–Crippen MR) is 92.8 cm³/mol. The molecule has 2 heterocycles. The molecule has 1 fully saturated rings. The number of nitrogens with zero attached hydrogens (tertiary/aromatic N) is 3. The smallest absolute Gasteiger partial charge is 0.120 e. The van der Waals surface area contributed by atoms with E-state index in [1.807, 2.05) is 6.07 Å². The Morgan fingerprint density at radius 1 is 1.35 bits per heavy atom. The molecular weight excluding hydrogens is 286 g/mol. The van der Waals surface area contributed by atoms with E-state index in [4.69, 9.17) is 9.72 Å². The van der Waals surface area contributed by atoms with E-state index >= 15 is 0 Å². The molecule has 1 saturated heterocycles. The lowest BCUT2D eigenvalue weighted by molar-refractivity contribution is 0.241. The highest BCUT2D eigenvalue weighted by Gasteiger charge is 2.26. The number of imidazole rings is 1. The number of benzene rings is 1. The van der Waals surface area contributed by atoms with Crippen LogP contribution in [-0.4, -0.2) is 33.6 Å². The number of likely N-dealkylation sites (tertiary alicyclic amines) is 1. The van der Waals surface area contributed by atoms with Crippen LogP contribution in [0.25, 0.3) is 0 Å². The Labute approximate surface area is 139 Å². The van der Waals surface area contributed by atoms with Gasteiger partial charge in [-0.05, 0) is 51.4 Å². The lowest BCUT2D eigenvalue weighted by atomic mass is 10.1. The summed E-state index contributed by atoms with van der Waals surface area (Å²) in [6, 6.07) is 8.47. The van der Waals surface area contributed by atoms with Gasteiger partial charge in [-0.15, -0.1) is 0 Å². The van der Waals surface area contributed by atoms with Gasteiger partial charge in [-0.2, -0.15) is 0 Å². The van der Waals surface area contributed by atoms with Crippen LogP contribution < -0.4 is 4.74 Å². The minimum atomic E-state index is 0.216. The summed E-state index contributed by atoms with van der Waals surface area (Å²) in [4.78, 5) is 7.21. The molecule has 0 amide bonds. The van der Waals surface area contributed by atoms with E-state index in [1.54, 1.807) is 0 Å². The minimum Gasteiger partial charge on any atom is -0.491 e. The summed E-state index contributed by atoms with van der Waals surface area (Å²) in [6.45, 7) is 9.39. The third kappa shape index (κ3) is 3.94. The first kappa shape index (κ1) is 16.1. The van der Waals surface area contributed by atoms with Gasteiger partial charge < -0.3 is 9.30 Å². The Morgan fingerprint density at radius 3 is 2.87 bits per heavy atom. The summed E-state index contributed by atoms with van der Waals surface area (Å²) in [5.41, 5.74) is 2.43. The molecule has 23 heavy (non-hydrogen) atoms. The highest BCUT2D eigenvalue weighted by molar-refractivity contribution is 5.28. The first-order valence-electron chi connectivity index (χ1n) is 8.49. The average Bonchev–Trinajstić information content (AvgIpc) is 3.05. The standard InChI is InChI=1S/C19H27N3O/c1-14(2)23-18-7-5-6-16(10-18)12-22-9-8-17(13-22)19-20-15(3)11-21(19)4/h5-7,10-11,14,17H,8-9,12-13H2,1-4H3/t17-/m0/s1. The van der Waals surface area contributed by atoms with Gasteiger partial charge in [-0.3, -0.25) is 4.90 Å². The van der Waals surface area contributed by atoms with Crippen molar-refractivity contribution in [2.24, 2.45) is 7.05 Å². The summed E-state index contributed by atoms with van der Waals surface area (Å²) in [5, 5.41) is 0. The van der Waals surface area contributed by atoms with E-state index in [-0.39, 0.29) is 6.10 Å². The minimum absolute atomic E-state index is 0.216. The molecule has 1 aliphatic rings. The molecule has 2 aromatic rings. The predicted octanol–water partition coefficient (Wildman–Crippen LogP) is 3.51. The molecule has 4 nitrogen and oxygen atoms in total. The molecule has 1 atom stereocenters. The van der Waals surface area contributed by atoms with Crippen LogP contribution in [0.5, 0.6) is 5.75 Å². The second-order valence-corrected chi connectivity index (χ2v) is 6.89. The summed E-state index contributed by atoms with van der Waals surface area (Å²) in [7, 11) is 2.10. The van der Waals surface area contributed by atoms with Gasteiger partial charge in [-0.1, -0.05) is 12.1 Å². The molecule has 0 radical (unpaired) electrons. The van der Waals surface area contributed by atoms with E-state index in [2.05, 4.69) is 61.7 Å². The number of aryl methyl sites for hydroxylation is 2. The van der Waals surface area contributed by atoms with Crippen LogP contribution in [0, 0.1) is 6.92 Å². The fraction of sp³-hybridized carbons (Fsp3) is 0.526. The Morgan fingerprint density at radius 2 is 2.17 bits per heavy atom. The van der Waals surface area contributed by atoms with Gasteiger partial charge in [0.15, 0.2) is 0 Å². The highest BCUT2D eigenvalue weighted by Crippen LogP contribution is 2.28. The number of aromatic nitrogens is 2. The van der Waals surface area contributed by atoms with Gasteiger partial charge in [0.1, 0.15) is 11.6 Å². The lowest BCUT2D eigenvalue weighted by Crippen LogP contribution is -2.20. The molecule has 0 bridgehead atoms. The van der Waals surface area contributed by atoms with Crippen molar-refractivity contribution in [1.82, 2.24) is 14.5 Å². The lowest BCUT2D eigenvalue weighted by Gasteiger charge is -2.17. The molecule has 3 rings (SSSR count). The van der Waals surface area contributed by atoms with Crippen molar-refractivity contribution >= 4 is 0 Å². The molecule has 0 aliphatic carbocycles. The number of rotatable bonds is 5. The molecule has 0 spiro atoms. The van der Waals surface area contributed by atoms with E-state index in [1.165, 1.54) is 17.8 Å². The molecule has 0 saturated carbocycles. The first-order valence-corrected chi connectivity index (χ1v) is 8.49. The van der Waals surface area contributed by atoms with Gasteiger partial charge in [0.25, 0.3) is 0 Å². The van der Waals surface area contributed by atoms with Crippen LogP contribution in [0.15, 0.2) is 30.5 Å². The van der Waals surface area contributed by atoms with E-state index in [0.29, 0.717) is 5.92 Å². The second kappa shape index (κ2) is 6.75. The van der Waals surface area contributed by atoms with Crippen LogP contribution in [0.3, 0.4) is 0 Å². The van der Waals surface area contributed by atoms with E-state index < -0.39 is 0 Å². The Bertz CT molecular complexity index is 662. The zero-order chi connectivity index (χ0) is 16.4. The molecule has 1 aromatic carbocycles. The van der Waals surface area contributed by atoms with Crippen molar-refractivity contribution in [3.8, 4) is 5.75 Å². The Hall–Kier alpha value is -1.81. The zero-order valence-electron chi connectivity index (χ0n) is 14.6. The number of hydrogen-bond donors (Lipinski definition) is 0. The topological polar surface area (TPSA) is 30.3 Å². The quantitative estimate of drug-likeness (QED) is 0.846. The Balaban J connectivity index is 1.63. The molecule has 0 N–H and O–H groups in total. The van der Waals surface area contributed by atoms with Gasteiger partial charge in [-0.25, -0.2) is 4.98 Å². The molecule has 124 valence electrons. The fourth-order valence-corrected chi connectivity index (χ4v) is 3.45. The SMILES string of the molecule is Cc1cn(C)c([C@H]2CCN(Cc3cccc(OC(C)C)c3)C2)n1. The Kier molecular flexibility index (Phi) is 4.71. The normalized spacial score (nSPS) is 18.7. The van der Waals surface area contributed by atoms with Crippen molar-refractivity contribution in [2.45, 2.75) is 45.8 Å². The van der Waals surface area contributed by atoms with Crippen molar-refractivity contribution in [1.29, 1.82) is 0 Å². The maximum absolute atomic E-state index is 5.80. The number of hydrogen-bond acceptors (Lipinski definition) is 3. The monoisotopic (exact) mass is 313 g/mol. The van der Waals surface area contributed by atoms with Crippen LogP contribution in [0.2, 0.25) is 0 Å². The van der Waals surface area contributed by atoms with Gasteiger partial charge in [0.05, 0.1) is 11.8 Å². The number of ether oxygens (including phenoxy) is 1. The van der Waals surface area contributed by atoms with Gasteiger partial charge >= 0.3 is 0 Å². The third-order valence-corrected chi connectivity index (χ3v) is 4.35. The molecular formula is C19H27N3O. The fourth-order valence-electron chi connectivity index (χ4n) is 3.45. The average molecular weight is 313 g/mol. The summed E-state index contributed by atoms with van der Waals surface area (Å²) >= 11 is 0. The summed E-state index contributed by atoms with van der Waals surface area (Å²) in [5.74, 6) is 2.73. The molecule has 1 aromatic heterocycles.